The van der Waals surface area contributed by atoms with E-state index in [4.69, 9.17) is 10.9 Å². The Hall–Kier alpha value is -2.05. The van der Waals surface area contributed by atoms with Crippen molar-refractivity contribution in [3.63, 3.8) is 0 Å². The Balaban J connectivity index is 2.05. The van der Waals surface area contributed by atoms with E-state index in [1.165, 1.54) is 0 Å². The molecule has 5 N–H and O–H groups in total. The molecule has 98 valence electrons. The molecule has 0 radical (unpaired) electrons. The van der Waals surface area contributed by atoms with Crippen LogP contribution in [0.2, 0.25) is 0 Å². The number of rotatable bonds is 4. The van der Waals surface area contributed by atoms with Gasteiger partial charge in [-0.25, -0.2) is 4.98 Å². The van der Waals surface area contributed by atoms with E-state index in [1.54, 1.807) is 12.4 Å². The summed E-state index contributed by atoms with van der Waals surface area (Å²) in [5.74, 6) is 0.472. The molecule has 2 rings (SSSR count). The first-order chi connectivity index (χ1) is 8.69. The smallest absolute Gasteiger partial charge is 0.234 e. The molecule has 1 amide bonds. The number of H-pyrrole nitrogens is 1. The largest absolute Gasteiger partial charge is 0.409 e. The van der Waals surface area contributed by atoms with Gasteiger partial charge in [0.05, 0.1) is 6.54 Å². The number of hydrogen-bond acceptors (Lipinski definition) is 4. The van der Waals surface area contributed by atoms with Gasteiger partial charge in [-0.2, -0.15) is 0 Å². The second-order valence-corrected chi connectivity index (χ2v) is 4.49. The molecule has 1 aliphatic rings. The molecule has 0 aliphatic heterocycles. The fraction of sp³-hybridized carbons (Fsp3) is 0.545. The van der Waals surface area contributed by atoms with Crippen LogP contribution in [0.25, 0.3) is 0 Å². The predicted octanol–water partition coefficient (Wildman–Crippen LogP) is 0.333. The molecule has 1 heterocycles. The Morgan fingerprint density at radius 2 is 2.33 bits per heavy atom. The lowest BCUT2D eigenvalue weighted by molar-refractivity contribution is -0.127. The van der Waals surface area contributed by atoms with Gasteiger partial charge >= 0.3 is 0 Å². The molecular weight excluding hydrogens is 234 g/mol. The van der Waals surface area contributed by atoms with Crippen LogP contribution in [-0.2, 0) is 11.3 Å². The zero-order chi connectivity index (χ0) is 13.0. The Morgan fingerprint density at radius 3 is 2.89 bits per heavy atom. The molecule has 1 fully saturated rings. The second-order valence-electron chi connectivity index (χ2n) is 4.49. The quantitative estimate of drug-likeness (QED) is 0.267. The van der Waals surface area contributed by atoms with Crippen LogP contribution in [0.15, 0.2) is 17.5 Å². The monoisotopic (exact) mass is 251 g/mol. The molecular formula is C11H17N5O2. The molecule has 0 aromatic carbocycles. The summed E-state index contributed by atoms with van der Waals surface area (Å²) in [6.45, 7) is 0.312. The SMILES string of the molecule is N/C(=N/O)C1(C(=O)NCc2ncc[nH]2)CCCC1. The summed E-state index contributed by atoms with van der Waals surface area (Å²) in [6, 6.07) is 0. The van der Waals surface area contributed by atoms with Gasteiger partial charge in [0, 0.05) is 12.4 Å². The fourth-order valence-electron chi connectivity index (χ4n) is 2.40. The van der Waals surface area contributed by atoms with Gasteiger partial charge in [0.1, 0.15) is 11.2 Å². The highest BCUT2D eigenvalue weighted by molar-refractivity contribution is 6.06. The number of amidine groups is 1. The number of nitrogens with one attached hydrogen (secondary N) is 2. The van der Waals surface area contributed by atoms with Crippen molar-refractivity contribution in [1.82, 2.24) is 15.3 Å². The summed E-state index contributed by atoms with van der Waals surface area (Å²) in [6.07, 6.45) is 6.36. The number of aromatic amines is 1. The minimum Gasteiger partial charge on any atom is -0.409 e. The van der Waals surface area contributed by atoms with Gasteiger partial charge in [-0.15, -0.1) is 0 Å². The van der Waals surface area contributed by atoms with Crippen molar-refractivity contribution in [1.29, 1.82) is 0 Å². The normalized spacial score (nSPS) is 18.8. The second kappa shape index (κ2) is 5.07. The first kappa shape index (κ1) is 12.4. The first-order valence-corrected chi connectivity index (χ1v) is 5.93. The lowest BCUT2D eigenvalue weighted by Crippen LogP contribution is -2.48. The number of amides is 1. The highest BCUT2D eigenvalue weighted by atomic mass is 16.4. The fourth-order valence-corrected chi connectivity index (χ4v) is 2.40. The number of nitrogens with zero attached hydrogens (tertiary/aromatic N) is 2. The Kier molecular flexibility index (Phi) is 3.50. The van der Waals surface area contributed by atoms with Crippen molar-refractivity contribution in [3.8, 4) is 0 Å². The number of hydrogen-bond donors (Lipinski definition) is 4. The Morgan fingerprint density at radius 1 is 1.61 bits per heavy atom. The van der Waals surface area contributed by atoms with Crippen LogP contribution in [-0.4, -0.2) is 26.9 Å². The van der Waals surface area contributed by atoms with Gasteiger partial charge in [0.15, 0.2) is 5.84 Å². The van der Waals surface area contributed by atoms with E-state index in [0.29, 0.717) is 25.2 Å². The zero-order valence-corrected chi connectivity index (χ0v) is 10.0. The van der Waals surface area contributed by atoms with E-state index in [1.807, 2.05) is 0 Å². The zero-order valence-electron chi connectivity index (χ0n) is 10.0. The van der Waals surface area contributed by atoms with Crippen molar-refractivity contribution in [2.45, 2.75) is 32.2 Å². The molecule has 0 unspecified atom stereocenters. The van der Waals surface area contributed by atoms with Crippen LogP contribution >= 0.6 is 0 Å². The van der Waals surface area contributed by atoms with Crippen LogP contribution in [0.5, 0.6) is 0 Å². The molecule has 0 atom stereocenters. The number of imidazole rings is 1. The average molecular weight is 251 g/mol. The highest BCUT2D eigenvalue weighted by Crippen LogP contribution is 2.38. The maximum atomic E-state index is 12.2. The molecule has 0 saturated heterocycles. The van der Waals surface area contributed by atoms with Crippen molar-refractivity contribution in [2.24, 2.45) is 16.3 Å². The van der Waals surface area contributed by atoms with E-state index >= 15 is 0 Å². The molecule has 1 aromatic heterocycles. The summed E-state index contributed by atoms with van der Waals surface area (Å²) in [5, 5.41) is 14.6. The van der Waals surface area contributed by atoms with Gasteiger partial charge in [0.25, 0.3) is 0 Å². The van der Waals surface area contributed by atoms with Crippen molar-refractivity contribution < 1.29 is 10.0 Å². The van der Waals surface area contributed by atoms with E-state index in [2.05, 4.69) is 20.4 Å². The van der Waals surface area contributed by atoms with Crippen molar-refractivity contribution >= 4 is 11.7 Å². The maximum absolute atomic E-state index is 12.2. The summed E-state index contributed by atoms with van der Waals surface area (Å²) in [7, 11) is 0. The van der Waals surface area contributed by atoms with Crippen LogP contribution in [0.4, 0.5) is 0 Å². The molecule has 1 saturated carbocycles. The minimum atomic E-state index is -0.860. The number of oxime groups is 1. The average Bonchev–Trinajstić information content (AvgIpc) is 3.06. The van der Waals surface area contributed by atoms with Crippen LogP contribution in [0.3, 0.4) is 0 Å². The van der Waals surface area contributed by atoms with Gasteiger partial charge in [-0.05, 0) is 12.8 Å². The molecule has 0 spiro atoms. The summed E-state index contributed by atoms with van der Waals surface area (Å²) in [5.41, 5.74) is 4.82. The van der Waals surface area contributed by atoms with Gasteiger partial charge < -0.3 is 21.2 Å². The summed E-state index contributed by atoms with van der Waals surface area (Å²) < 4.78 is 0. The van der Waals surface area contributed by atoms with Gasteiger partial charge in [0.2, 0.25) is 5.91 Å². The van der Waals surface area contributed by atoms with Crippen molar-refractivity contribution in [3.05, 3.63) is 18.2 Å². The third kappa shape index (κ3) is 2.15. The Labute approximate surface area is 104 Å². The lowest BCUT2D eigenvalue weighted by Gasteiger charge is -2.25. The highest BCUT2D eigenvalue weighted by Gasteiger charge is 2.45. The minimum absolute atomic E-state index is 0.00283. The molecule has 7 heteroatoms. The van der Waals surface area contributed by atoms with Crippen LogP contribution in [0.1, 0.15) is 31.5 Å². The first-order valence-electron chi connectivity index (χ1n) is 5.93. The van der Waals surface area contributed by atoms with Gasteiger partial charge in [-0.3, -0.25) is 4.79 Å². The number of carbonyl (C=O) groups is 1. The lowest BCUT2D eigenvalue weighted by atomic mass is 9.84. The summed E-state index contributed by atoms with van der Waals surface area (Å²) >= 11 is 0. The molecule has 0 bridgehead atoms. The standard InChI is InChI=1S/C11H17N5O2/c12-9(16-18)11(3-1-2-4-11)10(17)15-7-8-13-5-6-14-8/h5-6,18H,1-4,7H2,(H2,12,16)(H,13,14)(H,15,17). The van der Waals surface area contributed by atoms with E-state index < -0.39 is 5.41 Å². The number of nitrogens with two attached hydrogens (primary N) is 1. The van der Waals surface area contributed by atoms with E-state index in [0.717, 1.165) is 12.8 Å². The maximum Gasteiger partial charge on any atom is 0.234 e. The molecule has 1 aromatic rings. The van der Waals surface area contributed by atoms with Gasteiger partial charge in [-0.1, -0.05) is 18.0 Å². The molecule has 1 aliphatic carbocycles. The predicted molar refractivity (Wildman–Crippen MR) is 64.7 cm³/mol. The Bertz CT molecular complexity index is 434. The van der Waals surface area contributed by atoms with Crippen LogP contribution in [0, 0.1) is 5.41 Å². The van der Waals surface area contributed by atoms with E-state index in [-0.39, 0.29) is 11.7 Å². The molecule has 18 heavy (non-hydrogen) atoms. The molecule has 7 nitrogen and oxygen atoms in total. The van der Waals surface area contributed by atoms with Crippen LogP contribution < -0.4 is 11.1 Å². The number of carbonyl (C=O) groups excluding carboxylic acids is 1. The summed E-state index contributed by atoms with van der Waals surface area (Å²) in [4.78, 5) is 19.2. The topological polar surface area (TPSA) is 116 Å². The van der Waals surface area contributed by atoms with E-state index in [9.17, 15) is 4.79 Å². The van der Waals surface area contributed by atoms with Crippen molar-refractivity contribution in [2.75, 3.05) is 0 Å². The third-order valence-corrected chi connectivity index (χ3v) is 3.46. The number of aromatic nitrogens is 2. The third-order valence-electron chi connectivity index (χ3n) is 3.46.